The Bertz CT molecular complexity index is 583. The molecule has 0 aliphatic heterocycles. The minimum atomic E-state index is -0.394. The van der Waals surface area contributed by atoms with Gasteiger partial charge in [-0.05, 0) is 12.1 Å². The predicted octanol–water partition coefficient (Wildman–Crippen LogP) is 1.58. The van der Waals surface area contributed by atoms with Crippen LogP contribution in [0, 0.1) is 11.3 Å². The Morgan fingerprint density at radius 1 is 1.47 bits per heavy atom. The number of pyridine rings is 1. The van der Waals surface area contributed by atoms with Gasteiger partial charge < -0.3 is 5.32 Å². The number of halogens is 1. The number of nitrogens with zero attached hydrogens (tertiary/aromatic N) is 3. The summed E-state index contributed by atoms with van der Waals surface area (Å²) in [6.45, 7) is 0. The highest BCUT2D eigenvalue weighted by Gasteiger charge is 2.10. The number of aromatic amines is 1. The third-order valence-electron chi connectivity index (χ3n) is 1.99. The van der Waals surface area contributed by atoms with E-state index in [4.69, 9.17) is 16.9 Å². The van der Waals surface area contributed by atoms with Gasteiger partial charge >= 0.3 is 0 Å². The lowest BCUT2D eigenvalue weighted by atomic mass is 10.2. The number of rotatable bonds is 2. The second-order valence-corrected chi connectivity index (χ2v) is 3.48. The van der Waals surface area contributed by atoms with Gasteiger partial charge in [-0.3, -0.25) is 9.89 Å². The summed E-state index contributed by atoms with van der Waals surface area (Å²) in [5, 5.41) is 17.7. The largest absolute Gasteiger partial charge is 0.306 e. The lowest BCUT2D eigenvalue weighted by Crippen LogP contribution is -2.13. The number of anilines is 1. The molecule has 0 unspecified atom stereocenters. The van der Waals surface area contributed by atoms with Gasteiger partial charge in [-0.15, -0.1) is 0 Å². The van der Waals surface area contributed by atoms with E-state index < -0.39 is 5.91 Å². The van der Waals surface area contributed by atoms with Crippen molar-refractivity contribution in [2.45, 2.75) is 0 Å². The lowest BCUT2D eigenvalue weighted by molar-refractivity contribution is 0.102. The van der Waals surface area contributed by atoms with Crippen LogP contribution < -0.4 is 5.32 Å². The van der Waals surface area contributed by atoms with E-state index in [-0.39, 0.29) is 11.4 Å². The number of carbonyl (C=O) groups is 1. The number of hydrogen-bond donors (Lipinski definition) is 2. The van der Waals surface area contributed by atoms with Gasteiger partial charge in [0.1, 0.15) is 22.6 Å². The normalized spacial score (nSPS) is 9.65. The van der Waals surface area contributed by atoms with Gasteiger partial charge in [0, 0.05) is 6.20 Å². The molecule has 0 saturated heterocycles. The molecule has 0 radical (unpaired) electrons. The quantitative estimate of drug-likeness (QED) is 0.788. The van der Waals surface area contributed by atoms with E-state index in [1.54, 1.807) is 0 Å². The summed E-state index contributed by atoms with van der Waals surface area (Å²) in [4.78, 5) is 15.5. The fraction of sp³-hybridized carbons (Fsp3) is 0. The SMILES string of the molecule is N#Cc1cn[nH]c1NC(=O)c1ccc(Cl)nc1. The van der Waals surface area contributed by atoms with Crippen LogP contribution in [-0.2, 0) is 0 Å². The molecule has 0 atom stereocenters. The second kappa shape index (κ2) is 4.63. The van der Waals surface area contributed by atoms with Gasteiger partial charge in [-0.1, -0.05) is 11.6 Å². The zero-order chi connectivity index (χ0) is 12.3. The maximum absolute atomic E-state index is 11.7. The van der Waals surface area contributed by atoms with Gasteiger partial charge in [-0.2, -0.15) is 10.4 Å². The summed E-state index contributed by atoms with van der Waals surface area (Å²) in [5.74, 6) is -0.137. The zero-order valence-electron chi connectivity index (χ0n) is 8.44. The molecule has 0 spiro atoms. The molecule has 2 aromatic rings. The van der Waals surface area contributed by atoms with E-state index in [1.807, 2.05) is 6.07 Å². The van der Waals surface area contributed by atoms with Crippen molar-refractivity contribution in [1.29, 1.82) is 5.26 Å². The summed E-state index contributed by atoms with van der Waals surface area (Å²) < 4.78 is 0. The van der Waals surface area contributed by atoms with Crippen LogP contribution in [-0.4, -0.2) is 21.1 Å². The number of nitrogens with one attached hydrogen (secondary N) is 2. The fourth-order valence-corrected chi connectivity index (χ4v) is 1.27. The van der Waals surface area contributed by atoms with Gasteiger partial charge in [-0.25, -0.2) is 4.98 Å². The summed E-state index contributed by atoms with van der Waals surface area (Å²) >= 11 is 5.60. The highest BCUT2D eigenvalue weighted by atomic mass is 35.5. The van der Waals surface area contributed by atoms with Crippen molar-refractivity contribution in [3.05, 3.63) is 40.8 Å². The third-order valence-corrected chi connectivity index (χ3v) is 2.21. The molecule has 2 N–H and O–H groups in total. The zero-order valence-corrected chi connectivity index (χ0v) is 9.19. The van der Waals surface area contributed by atoms with Crippen LogP contribution in [0.5, 0.6) is 0 Å². The Balaban J connectivity index is 2.18. The van der Waals surface area contributed by atoms with Gasteiger partial charge in [0.25, 0.3) is 5.91 Å². The topological polar surface area (TPSA) is 94.5 Å². The van der Waals surface area contributed by atoms with Crippen LogP contribution >= 0.6 is 11.6 Å². The molecule has 0 fully saturated rings. The van der Waals surface area contributed by atoms with E-state index in [0.717, 1.165) is 0 Å². The summed E-state index contributed by atoms with van der Waals surface area (Å²) in [6.07, 6.45) is 2.68. The minimum Gasteiger partial charge on any atom is -0.306 e. The lowest BCUT2D eigenvalue weighted by Gasteiger charge is -2.02. The molecule has 2 heterocycles. The molecule has 0 bridgehead atoms. The highest BCUT2D eigenvalue weighted by Crippen LogP contribution is 2.11. The Morgan fingerprint density at radius 3 is 2.94 bits per heavy atom. The van der Waals surface area contributed by atoms with Crippen molar-refractivity contribution in [3.63, 3.8) is 0 Å². The standard InChI is InChI=1S/C10H6ClN5O/c11-8-2-1-6(4-13-8)10(17)15-9-7(3-12)5-14-16-9/h1-2,4-5H,(H2,14,15,16,17). The molecule has 17 heavy (non-hydrogen) atoms. The van der Waals surface area contributed by atoms with Crippen molar-refractivity contribution in [1.82, 2.24) is 15.2 Å². The third kappa shape index (κ3) is 2.41. The number of aromatic nitrogens is 3. The van der Waals surface area contributed by atoms with E-state index in [0.29, 0.717) is 10.7 Å². The second-order valence-electron chi connectivity index (χ2n) is 3.09. The van der Waals surface area contributed by atoms with Gasteiger partial charge in [0.05, 0.1) is 11.8 Å². The minimum absolute atomic E-state index is 0.257. The maximum Gasteiger partial charge on any atom is 0.258 e. The van der Waals surface area contributed by atoms with Gasteiger partial charge in [0.2, 0.25) is 0 Å². The summed E-state index contributed by atoms with van der Waals surface area (Å²) in [7, 11) is 0. The molecule has 2 aromatic heterocycles. The number of H-pyrrole nitrogens is 1. The monoisotopic (exact) mass is 247 g/mol. The Labute approximate surface area is 101 Å². The molecular formula is C10H6ClN5O. The van der Waals surface area contributed by atoms with Crippen molar-refractivity contribution < 1.29 is 4.79 Å². The first-order valence-corrected chi connectivity index (χ1v) is 4.95. The number of hydrogen-bond acceptors (Lipinski definition) is 4. The molecule has 0 aromatic carbocycles. The van der Waals surface area contributed by atoms with E-state index in [9.17, 15) is 4.79 Å². The van der Waals surface area contributed by atoms with Crippen LogP contribution in [0.1, 0.15) is 15.9 Å². The van der Waals surface area contributed by atoms with E-state index in [1.165, 1.54) is 24.5 Å². The molecule has 1 amide bonds. The summed E-state index contributed by atoms with van der Waals surface area (Å²) in [6, 6.07) is 4.94. The average Bonchev–Trinajstić information content (AvgIpc) is 2.77. The molecule has 0 saturated carbocycles. The smallest absolute Gasteiger partial charge is 0.258 e. The van der Waals surface area contributed by atoms with Crippen molar-refractivity contribution >= 4 is 23.3 Å². The van der Waals surface area contributed by atoms with Crippen LogP contribution in [0.2, 0.25) is 5.15 Å². The molecular weight excluding hydrogens is 242 g/mol. The molecule has 0 aliphatic rings. The van der Waals surface area contributed by atoms with Crippen molar-refractivity contribution in [2.75, 3.05) is 5.32 Å². The van der Waals surface area contributed by atoms with E-state index in [2.05, 4.69) is 20.5 Å². The Hall–Kier alpha value is -2.39. The van der Waals surface area contributed by atoms with Crippen LogP contribution in [0.3, 0.4) is 0 Å². The maximum atomic E-state index is 11.7. The molecule has 2 rings (SSSR count). The van der Waals surface area contributed by atoms with Crippen molar-refractivity contribution in [3.8, 4) is 6.07 Å². The first kappa shape index (κ1) is 11.1. The number of nitriles is 1. The Morgan fingerprint density at radius 2 is 2.29 bits per heavy atom. The van der Waals surface area contributed by atoms with Crippen LogP contribution in [0.25, 0.3) is 0 Å². The number of carbonyl (C=O) groups excluding carboxylic acids is 1. The van der Waals surface area contributed by atoms with Crippen molar-refractivity contribution in [2.24, 2.45) is 0 Å². The Kier molecular flexibility index (Phi) is 3.03. The van der Waals surface area contributed by atoms with Crippen LogP contribution in [0.4, 0.5) is 5.82 Å². The molecule has 6 nitrogen and oxygen atoms in total. The van der Waals surface area contributed by atoms with Gasteiger partial charge in [0.15, 0.2) is 0 Å². The predicted molar refractivity (Wildman–Crippen MR) is 60.5 cm³/mol. The molecule has 7 heteroatoms. The highest BCUT2D eigenvalue weighted by molar-refractivity contribution is 6.29. The first-order valence-electron chi connectivity index (χ1n) is 4.57. The fourth-order valence-electron chi connectivity index (χ4n) is 1.16. The molecule has 84 valence electrons. The van der Waals surface area contributed by atoms with E-state index >= 15 is 0 Å². The average molecular weight is 248 g/mol. The first-order chi connectivity index (χ1) is 8.20. The number of amides is 1. The van der Waals surface area contributed by atoms with Crippen LogP contribution in [0.15, 0.2) is 24.5 Å². The summed E-state index contributed by atoms with van der Waals surface area (Å²) in [5.41, 5.74) is 0.605. The molecule has 0 aliphatic carbocycles.